The Kier molecular flexibility index (Phi) is 11.7. The molecule has 2 aromatic rings. The van der Waals surface area contributed by atoms with Gasteiger partial charge in [-0.2, -0.15) is 0 Å². The molecule has 208 valence electrons. The third-order valence-corrected chi connectivity index (χ3v) is 5.87. The lowest BCUT2D eigenvalue weighted by Gasteiger charge is -2.25. The molecule has 0 aliphatic rings. The number of benzene rings is 1. The van der Waals surface area contributed by atoms with Crippen molar-refractivity contribution in [1.82, 2.24) is 20.9 Å². The fourth-order valence-electron chi connectivity index (χ4n) is 3.80. The highest BCUT2D eigenvalue weighted by molar-refractivity contribution is 5.95. The van der Waals surface area contributed by atoms with Crippen LogP contribution in [0.3, 0.4) is 0 Å². The zero-order chi connectivity index (χ0) is 28.2. The fourth-order valence-corrected chi connectivity index (χ4v) is 3.80. The van der Waals surface area contributed by atoms with E-state index in [2.05, 4.69) is 20.9 Å². The van der Waals surface area contributed by atoms with Gasteiger partial charge in [0.15, 0.2) is 0 Å². The van der Waals surface area contributed by atoms with Crippen LogP contribution >= 0.6 is 0 Å². The molecule has 4 amide bonds. The molecule has 0 saturated carbocycles. The molecule has 1 aromatic heterocycles. The summed E-state index contributed by atoms with van der Waals surface area (Å²) in [4.78, 5) is 64.6. The number of carbonyl (C=O) groups excluding carboxylic acids is 4. The molecule has 0 spiro atoms. The molecule has 4 unspecified atom stereocenters. The van der Waals surface area contributed by atoms with Crippen molar-refractivity contribution in [3.63, 3.8) is 0 Å². The van der Waals surface area contributed by atoms with Crippen molar-refractivity contribution in [2.75, 3.05) is 13.2 Å². The molecule has 1 heterocycles. The molecule has 14 heteroatoms. The van der Waals surface area contributed by atoms with Gasteiger partial charge < -0.3 is 48.3 Å². The summed E-state index contributed by atoms with van der Waals surface area (Å²) in [6, 6.07) is 2.02. The number of aromatic amines is 1. The molecular weight excluding hydrogens is 498 g/mol. The standard InChI is InChI=1S/C24H35N7O7/c25-8-4-3-7-17(29-21(34)15(26)12-32)22(35)30-18(23(36)31-19(24(37)38)10-20(27)33)9-13-11-28-16-6-2-1-5-14(13)16/h1-2,5-6,11,15,17-19,28,32H,3-4,7-10,12,25-26H2,(H2,27,33)(H,29,34)(H,30,35)(H,31,36)(H,37,38). The van der Waals surface area contributed by atoms with Crippen molar-refractivity contribution in [1.29, 1.82) is 0 Å². The van der Waals surface area contributed by atoms with Crippen LogP contribution in [0.1, 0.15) is 31.2 Å². The second-order valence-electron chi connectivity index (χ2n) is 8.83. The maximum Gasteiger partial charge on any atom is 0.326 e. The van der Waals surface area contributed by atoms with Crippen molar-refractivity contribution in [3.8, 4) is 0 Å². The van der Waals surface area contributed by atoms with Crippen LogP contribution in [-0.2, 0) is 30.4 Å². The third-order valence-electron chi connectivity index (χ3n) is 5.87. The first-order valence-electron chi connectivity index (χ1n) is 12.1. The Balaban J connectivity index is 2.32. The normalized spacial score (nSPS) is 14.2. The van der Waals surface area contributed by atoms with Gasteiger partial charge in [0.1, 0.15) is 24.2 Å². The van der Waals surface area contributed by atoms with Crippen molar-refractivity contribution in [2.45, 2.75) is 56.3 Å². The summed E-state index contributed by atoms with van der Waals surface area (Å²) in [6.45, 7) is -0.272. The number of unbranched alkanes of at least 4 members (excludes halogenated alkanes) is 1. The van der Waals surface area contributed by atoms with Crippen molar-refractivity contribution in [3.05, 3.63) is 36.0 Å². The molecule has 0 saturated heterocycles. The van der Waals surface area contributed by atoms with Gasteiger partial charge in [0, 0.05) is 23.5 Å². The second kappa shape index (κ2) is 14.7. The molecule has 0 aliphatic carbocycles. The van der Waals surface area contributed by atoms with Gasteiger partial charge in [-0.25, -0.2) is 4.79 Å². The SMILES string of the molecule is NCCCCC(NC(=O)C(N)CO)C(=O)NC(Cc1c[nH]c2ccccc12)C(=O)NC(CC(N)=O)C(=O)O. The molecule has 0 fully saturated rings. The summed E-state index contributed by atoms with van der Waals surface area (Å²) < 4.78 is 0. The molecule has 0 aliphatic heterocycles. The van der Waals surface area contributed by atoms with E-state index < -0.39 is 66.8 Å². The zero-order valence-electron chi connectivity index (χ0n) is 20.8. The number of carboxylic acid groups (broad SMARTS) is 1. The van der Waals surface area contributed by atoms with Gasteiger partial charge >= 0.3 is 5.97 Å². The molecule has 38 heavy (non-hydrogen) atoms. The van der Waals surface area contributed by atoms with Crippen LogP contribution in [0.25, 0.3) is 10.9 Å². The van der Waals surface area contributed by atoms with E-state index in [1.54, 1.807) is 12.3 Å². The largest absolute Gasteiger partial charge is 0.480 e. The summed E-state index contributed by atoms with van der Waals surface area (Å²) >= 11 is 0. The number of carboxylic acids is 1. The number of nitrogens with two attached hydrogens (primary N) is 3. The highest BCUT2D eigenvalue weighted by Crippen LogP contribution is 2.19. The van der Waals surface area contributed by atoms with E-state index in [0.717, 1.165) is 10.9 Å². The second-order valence-corrected chi connectivity index (χ2v) is 8.83. The Morgan fingerprint density at radius 1 is 0.921 bits per heavy atom. The molecule has 1 aromatic carbocycles. The first-order chi connectivity index (χ1) is 18.1. The molecule has 12 N–H and O–H groups in total. The number of carbonyl (C=O) groups is 5. The first-order valence-corrected chi connectivity index (χ1v) is 12.1. The van der Waals surface area contributed by atoms with Crippen molar-refractivity contribution >= 4 is 40.5 Å². The molecular formula is C24H35N7O7. The van der Waals surface area contributed by atoms with Gasteiger partial charge in [-0.15, -0.1) is 0 Å². The lowest BCUT2D eigenvalue weighted by atomic mass is 10.0. The monoisotopic (exact) mass is 533 g/mol. The number of rotatable bonds is 16. The molecule has 0 radical (unpaired) electrons. The number of hydrogen-bond donors (Lipinski definition) is 9. The number of para-hydroxylation sites is 1. The number of aliphatic carboxylic acids is 1. The Morgan fingerprint density at radius 2 is 1.55 bits per heavy atom. The van der Waals surface area contributed by atoms with E-state index >= 15 is 0 Å². The molecule has 2 rings (SSSR count). The number of fused-ring (bicyclic) bond motifs is 1. The minimum absolute atomic E-state index is 0.0376. The average molecular weight is 534 g/mol. The van der Waals surface area contributed by atoms with E-state index in [9.17, 15) is 34.2 Å². The van der Waals surface area contributed by atoms with E-state index in [4.69, 9.17) is 17.2 Å². The van der Waals surface area contributed by atoms with Crippen LogP contribution < -0.4 is 33.2 Å². The highest BCUT2D eigenvalue weighted by atomic mass is 16.4. The topological polar surface area (TPSA) is 256 Å². The number of hydrogen-bond acceptors (Lipinski definition) is 8. The summed E-state index contributed by atoms with van der Waals surface area (Å²) in [5.74, 6) is -4.75. The summed E-state index contributed by atoms with van der Waals surface area (Å²) in [5.41, 5.74) is 17.7. The number of H-pyrrole nitrogens is 1. The summed E-state index contributed by atoms with van der Waals surface area (Å²) in [7, 11) is 0. The van der Waals surface area contributed by atoms with Gasteiger partial charge in [0.25, 0.3) is 0 Å². The van der Waals surface area contributed by atoms with Gasteiger partial charge in [-0.1, -0.05) is 18.2 Å². The van der Waals surface area contributed by atoms with Gasteiger partial charge in [0.2, 0.25) is 23.6 Å². The van der Waals surface area contributed by atoms with Gasteiger partial charge in [-0.3, -0.25) is 19.2 Å². The predicted octanol–water partition coefficient (Wildman–Crippen LogP) is -2.43. The number of amides is 4. The van der Waals surface area contributed by atoms with Crippen LogP contribution in [0.5, 0.6) is 0 Å². The number of aliphatic hydroxyl groups is 1. The number of aromatic nitrogens is 1. The van der Waals surface area contributed by atoms with Crippen molar-refractivity contribution < 1.29 is 34.2 Å². The Morgan fingerprint density at radius 3 is 2.18 bits per heavy atom. The first kappa shape index (κ1) is 30.2. The highest BCUT2D eigenvalue weighted by Gasteiger charge is 2.31. The average Bonchev–Trinajstić information content (AvgIpc) is 3.29. The van der Waals surface area contributed by atoms with Gasteiger partial charge in [0.05, 0.1) is 13.0 Å². The van der Waals surface area contributed by atoms with E-state index in [-0.39, 0.29) is 12.8 Å². The van der Waals surface area contributed by atoms with Crippen molar-refractivity contribution in [2.24, 2.45) is 17.2 Å². The molecule has 14 nitrogen and oxygen atoms in total. The van der Waals surface area contributed by atoms with Gasteiger partial charge in [-0.05, 0) is 37.4 Å². The Labute approximate surface area is 218 Å². The fraction of sp³-hybridized carbons (Fsp3) is 0.458. The zero-order valence-corrected chi connectivity index (χ0v) is 20.8. The Bertz CT molecular complexity index is 1140. The van der Waals surface area contributed by atoms with Crippen LogP contribution in [0.4, 0.5) is 0 Å². The smallest absolute Gasteiger partial charge is 0.326 e. The van der Waals surface area contributed by atoms with Crippen LogP contribution in [0.2, 0.25) is 0 Å². The summed E-state index contributed by atoms with van der Waals surface area (Å²) in [6.07, 6.45) is 2.19. The lowest BCUT2D eigenvalue weighted by molar-refractivity contribution is -0.143. The minimum atomic E-state index is -1.61. The Hall–Kier alpha value is -4.01. The quantitative estimate of drug-likeness (QED) is 0.104. The van der Waals surface area contributed by atoms with E-state index in [0.29, 0.717) is 24.9 Å². The predicted molar refractivity (Wildman–Crippen MR) is 137 cm³/mol. The number of aliphatic hydroxyl groups excluding tert-OH is 1. The van der Waals surface area contributed by atoms with Crippen LogP contribution in [0.15, 0.2) is 30.5 Å². The maximum absolute atomic E-state index is 13.2. The molecule has 4 atom stereocenters. The third kappa shape index (κ3) is 8.83. The number of primary amides is 1. The molecule has 0 bridgehead atoms. The van der Waals surface area contributed by atoms with Crippen LogP contribution in [0, 0.1) is 0 Å². The van der Waals surface area contributed by atoms with E-state index in [1.807, 2.05) is 18.2 Å². The number of nitrogens with one attached hydrogen (secondary N) is 4. The van der Waals surface area contributed by atoms with E-state index in [1.165, 1.54) is 0 Å². The van der Waals surface area contributed by atoms with Crippen LogP contribution in [-0.4, -0.2) is 82.1 Å². The minimum Gasteiger partial charge on any atom is -0.480 e. The summed E-state index contributed by atoms with van der Waals surface area (Å²) in [5, 5.41) is 26.7. The lowest BCUT2D eigenvalue weighted by Crippen LogP contribution is -2.58. The maximum atomic E-state index is 13.2.